The summed E-state index contributed by atoms with van der Waals surface area (Å²) < 4.78 is 4.73. The number of carbonyl (C=O) groups is 1. The summed E-state index contributed by atoms with van der Waals surface area (Å²) in [5.74, 6) is 1.29. The molecular formula is C22H39N3O3S. The Bertz CT molecular complexity index is 541. The number of thioether (sulfide) groups is 1. The monoisotopic (exact) mass is 425 g/mol. The molecule has 0 aromatic carbocycles. The average Bonchev–Trinajstić information content (AvgIpc) is 3.30. The van der Waals surface area contributed by atoms with Crippen molar-refractivity contribution in [1.82, 2.24) is 9.91 Å². The van der Waals surface area contributed by atoms with Crippen molar-refractivity contribution < 1.29 is 14.6 Å². The minimum absolute atomic E-state index is 0.111. The molecule has 7 heteroatoms. The predicted molar refractivity (Wildman–Crippen MR) is 119 cm³/mol. The molecule has 6 nitrogen and oxygen atoms in total. The molecule has 4 atom stereocenters. The SMILES string of the molecule is CCCN1CN(N=CC(O)C2CCCCC2)C2CC(SCCCC(=O)OC)CC21. The van der Waals surface area contributed by atoms with E-state index in [-0.39, 0.29) is 5.97 Å². The van der Waals surface area contributed by atoms with E-state index in [0.717, 1.165) is 51.1 Å². The number of rotatable bonds is 10. The molecule has 29 heavy (non-hydrogen) atoms. The van der Waals surface area contributed by atoms with Crippen LogP contribution in [0.4, 0.5) is 0 Å². The summed E-state index contributed by atoms with van der Waals surface area (Å²) >= 11 is 2.00. The quantitative estimate of drug-likeness (QED) is 0.328. The number of esters is 1. The number of fused-ring (bicyclic) bond motifs is 1. The van der Waals surface area contributed by atoms with Crippen LogP contribution in [-0.2, 0) is 9.53 Å². The highest BCUT2D eigenvalue weighted by atomic mass is 32.2. The van der Waals surface area contributed by atoms with Gasteiger partial charge >= 0.3 is 5.97 Å². The standard InChI is InChI=1S/C22H39N3O3S/c1-3-11-24-16-25(23-15-21(26)17-8-5-4-6-9-17)20-14-18(13-19(20)24)29-12-7-10-22(27)28-2/h15,17-21,26H,3-14,16H2,1-2H3. The number of aliphatic hydroxyl groups is 1. The molecule has 1 heterocycles. The third-order valence-corrected chi connectivity index (χ3v) is 8.13. The first-order valence-electron chi connectivity index (χ1n) is 11.5. The van der Waals surface area contributed by atoms with Crippen molar-refractivity contribution in [1.29, 1.82) is 0 Å². The lowest BCUT2D eigenvalue weighted by atomic mass is 9.86. The summed E-state index contributed by atoms with van der Waals surface area (Å²) in [6, 6.07) is 1.02. The minimum Gasteiger partial charge on any atom is -0.469 e. The Kier molecular flexibility index (Phi) is 9.12. The van der Waals surface area contributed by atoms with E-state index in [2.05, 4.69) is 16.8 Å². The van der Waals surface area contributed by atoms with Gasteiger partial charge in [-0.15, -0.1) is 0 Å². The molecule has 1 saturated heterocycles. The van der Waals surface area contributed by atoms with Gasteiger partial charge in [-0.1, -0.05) is 26.2 Å². The van der Waals surface area contributed by atoms with Crippen molar-refractivity contribution in [2.75, 3.05) is 26.1 Å². The molecule has 3 aliphatic rings. The molecule has 0 bridgehead atoms. The van der Waals surface area contributed by atoms with E-state index in [1.807, 2.05) is 18.0 Å². The fourth-order valence-corrected chi connectivity index (χ4v) is 6.47. The molecule has 0 spiro atoms. The van der Waals surface area contributed by atoms with Crippen molar-refractivity contribution in [3.8, 4) is 0 Å². The molecule has 0 amide bonds. The lowest BCUT2D eigenvalue weighted by Gasteiger charge is -2.25. The summed E-state index contributed by atoms with van der Waals surface area (Å²) in [6.45, 7) is 4.23. The number of hydrogen-bond donors (Lipinski definition) is 1. The summed E-state index contributed by atoms with van der Waals surface area (Å²) in [6.07, 6.45) is 12.4. The first-order chi connectivity index (χ1) is 14.1. The van der Waals surface area contributed by atoms with Crippen LogP contribution < -0.4 is 0 Å². The van der Waals surface area contributed by atoms with Crippen LogP contribution in [-0.4, -0.2) is 76.7 Å². The molecule has 4 unspecified atom stereocenters. The molecule has 3 rings (SSSR count). The maximum absolute atomic E-state index is 11.3. The second kappa shape index (κ2) is 11.6. The van der Waals surface area contributed by atoms with Crippen molar-refractivity contribution in [3.63, 3.8) is 0 Å². The fourth-order valence-electron chi connectivity index (χ4n) is 5.16. The van der Waals surface area contributed by atoms with E-state index in [4.69, 9.17) is 9.84 Å². The molecule has 0 radical (unpaired) electrons. The van der Waals surface area contributed by atoms with Crippen LogP contribution in [0.2, 0.25) is 0 Å². The van der Waals surface area contributed by atoms with Crippen LogP contribution in [0.5, 0.6) is 0 Å². The minimum atomic E-state index is -0.404. The lowest BCUT2D eigenvalue weighted by Crippen LogP contribution is -2.32. The number of ether oxygens (including phenoxy) is 1. The topological polar surface area (TPSA) is 65.4 Å². The largest absolute Gasteiger partial charge is 0.469 e. The molecule has 3 fully saturated rings. The third kappa shape index (κ3) is 6.34. The van der Waals surface area contributed by atoms with Gasteiger partial charge in [-0.05, 0) is 56.7 Å². The van der Waals surface area contributed by atoms with Crippen LogP contribution in [0.25, 0.3) is 0 Å². The molecule has 0 aromatic heterocycles. The maximum atomic E-state index is 11.3. The second-order valence-corrected chi connectivity index (χ2v) is 10.2. The van der Waals surface area contributed by atoms with Crippen molar-refractivity contribution in [3.05, 3.63) is 0 Å². The van der Waals surface area contributed by atoms with Gasteiger partial charge in [-0.2, -0.15) is 16.9 Å². The Hall–Kier alpha value is -0.790. The highest BCUT2D eigenvalue weighted by Crippen LogP contribution is 2.40. The number of aliphatic hydroxyl groups excluding tert-OH is 1. The number of carbonyl (C=O) groups excluding carboxylic acids is 1. The van der Waals surface area contributed by atoms with Crippen molar-refractivity contribution in [2.45, 2.75) is 94.6 Å². The molecule has 2 saturated carbocycles. The Morgan fingerprint density at radius 3 is 2.76 bits per heavy atom. The summed E-state index contributed by atoms with van der Waals surface area (Å²) in [5.41, 5.74) is 0. The van der Waals surface area contributed by atoms with Gasteiger partial charge in [-0.3, -0.25) is 14.7 Å². The molecule has 0 aromatic rings. The van der Waals surface area contributed by atoms with E-state index in [0.29, 0.717) is 29.7 Å². The highest BCUT2D eigenvalue weighted by molar-refractivity contribution is 7.99. The van der Waals surface area contributed by atoms with E-state index in [1.54, 1.807) is 0 Å². The summed E-state index contributed by atoms with van der Waals surface area (Å²) in [4.78, 5) is 13.9. The van der Waals surface area contributed by atoms with E-state index < -0.39 is 6.10 Å². The lowest BCUT2D eigenvalue weighted by molar-refractivity contribution is -0.140. The molecule has 2 aliphatic carbocycles. The Balaban J connectivity index is 1.51. The Morgan fingerprint density at radius 1 is 1.28 bits per heavy atom. The molecule has 1 aliphatic heterocycles. The normalized spacial score (nSPS) is 29.5. The second-order valence-electron chi connectivity index (χ2n) is 8.83. The van der Waals surface area contributed by atoms with Crippen LogP contribution >= 0.6 is 11.8 Å². The zero-order chi connectivity index (χ0) is 20.6. The van der Waals surface area contributed by atoms with Gasteiger partial charge < -0.3 is 9.84 Å². The third-order valence-electron chi connectivity index (χ3n) is 6.75. The number of hydrazone groups is 1. The smallest absolute Gasteiger partial charge is 0.305 e. The van der Waals surface area contributed by atoms with Crippen molar-refractivity contribution in [2.24, 2.45) is 11.0 Å². The van der Waals surface area contributed by atoms with Crippen LogP contribution in [0.15, 0.2) is 5.10 Å². The predicted octanol–water partition coefficient (Wildman–Crippen LogP) is 3.48. The van der Waals surface area contributed by atoms with Gasteiger partial charge in [0.05, 0.1) is 32.1 Å². The molecular weight excluding hydrogens is 386 g/mol. The Morgan fingerprint density at radius 2 is 2.03 bits per heavy atom. The van der Waals surface area contributed by atoms with Gasteiger partial charge in [0.1, 0.15) is 0 Å². The summed E-state index contributed by atoms with van der Waals surface area (Å²) in [5, 5.41) is 18.2. The van der Waals surface area contributed by atoms with Crippen LogP contribution in [0.1, 0.15) is 71.1 Å². The van der Waals surface area contributed by atoms with E-state index in [9.17, 15) is 9.90 Å². The van der Waals surface area contributed by atoms with E-state index >= 15 is 0 Å². The molecule has 1 N–H and O–H groups in total. The first kappa shape index (κ1) is 22.9. The number of hydrogen-bond acceptors (Lipinski definition) is 7. The first-order valence-corrected chi connectivity index (χ1v) is 12.6. The van der Waals surface area contributed by atoms with Gasteiger partial charge in [0.2, 0.25) is 0 Å². The average molecular weight is 426 g/mol. The number of nitrogens with zero attached hydrogens (tertiary/aromatic N) is 3. The van der Waals surface area contributed by atoms with Crippen LogP contribution in [0.3, 0.4) is 0 Å². The number of methoxy groups -OCH3 is 1. The Labute approximate surface area is 180 Å². The zero-order valence-electron chi connectivity index (χ0n) is 18.2. The van der Waals surface area contributed by atoms with E-state index in [1.165, 1.54) is 32.8 Å². The van der Waals surface area contributed by atoms with Gasteiger partial charge in [0.15, 0.2) is 0 Å². The van der Waals surface area contributed by atoms with Gasteiger partial charge in [0, 0.05) is 17.7 Å². The van der Waals surface area contributed by atoms with Crippen LogP contribution in [0, 0.1) is 5.92 Å². The summed E-state index contributed by atoms with van der Waals surface area (Å²) in [7, 11) is 1.45. The maximum Gasteiger partial charge on any atom is 0.305 e. The van der Waals surface area contributed by atoms with Gasteiger partial charge in [0.25, 0.3) is 0 Å². The zero-order valence-corrected chi connectivity index (χ0v) is 19.0. The fraction of sp³-hybridized carbons (Fsp3) is 0.909. The molecule has 166 valence electrons. The highest BCUT2D eigenvalue weighted by Gasteiger charge is 2.46. The van der Waals surface area contributed by atoms with Gasteiger partial charge in [-0.25, -0.2) is 0 Å². The van der Waals surface area contributed by atoms with Crippen molar-refractivity contribution >= 4 is 23.9 Å².